The van der Waals surface area contributed by atoms with Crippen molar-refractivity contribution in [2.24, 2.45) is 5.92 Å². The van der Waals surface area contributed by atoms with Crippen molar-refractivity contribution in [3.8, 4) is 0 Å². The molecule has 2 N–H and O–H groups in total. The quantitative estimate of drug-likeness (QED) is 0.662. The van der Waals surface area contributed by atoms with Crippen LogP contribution in [0.3, 0.4) is 0 Å². The fourth-order valence-corrected chi connectivity index (χ4v) is 2.71. The van der Waals surface area contributed by atoms with E-state index in [1.807, 2.05) is 11.3 Å². The predicted octanol–water partition coefficient (Wildman–Crippen LogP) is 3.04. The minimum Gasteiger partial charge on any atom is -0.316 e. The summed E-state index contributed by atoms with van der Waals surface area (Å²) in [5, 5.41) is 9.18. The maximum atomic E-state index is 3.52. The van der Waals surface area contributed by atoms with Gasteiger partial charge in [0.1, 0.15) is 0 Å². The minimum atomic E-state index is 0.751. The Hall–Kier alpha value is -0.380. The molecule has 0 aliphatic rings. The predicted molar refractivity (Wildman–Crippen MR) is 77.7 cm³/mol. The van der Waals surface area contributed by atoms with Crippen molar-refractivity contribution < 1.29 is 0 Å². The SMILES string of the molecule is CCc1ccsc1CNCCCNCC(C)C. The summed E-state index contributed by atoms with van der Waals surface area (Å²) < 4.78 is 0. The van der Waals surface area contributed by atoms with Gasteiger partial charge in [0.2, 0.25) is 0 Å². The van der Waals surface area contributed by atoms with Crippen LogP contribution in [0.15, 0.2) is 11.4 Å². The Balaban J connectivity index is 2.01. The van der Waals surface area contributed by atoms with Crippen molar-refractivity contribution in [3.05, 3.63) is 21.9 Å². The van der Waals surface area contributed by atoms with Crippen molar-refractivity contribution in [3.63, 3.8) is 0 Å². The molecular formula is C14H26N2S. The molecule has 0 aromatic carbocycles. The van der Waals surface area contributed by atoms with Crippen LogP contribution in [-0.4, -0.2) is 19.6 Å². The van der Waals surface area contributed by atoms with Gasteiger partial charge in [0.15, 0.2) is 0 Å². The van der Waals surface area contributed by atoms with E-state index in [-0.39, 0.29) is 0 Å². The number of hydrogen-bond acceptors (Lipinski definition) is 3. The number of nitrogens with one attached hydrogen (secondary N) is 2. The van der Waals surface area contributed by atoms with Crippen LogP contribution in [0.5, 0.6) is 0 Å². The number of rotatable bonds is 9. The van der Waals surface area contributed by atoms with Gasteiger partial charge in [-0.25, -0.2) is 0 Å². The molecule has 3 heteroatoms. The van der Waals surface area contributed by atoms with Crippen LogP contribution >= 0.6 is 11.3 Å². The lowest BCUT2D eigenvalue weighted by Gasteiger charge is -2.08. The molecule has 0 fully saturated rings. The van der Waals surface area contributed by atoms with Gasteiger partial charge >= 0.3 is 0 Å². The zero-order valence-corrected chi connectivity index (χ0v) is 12.2. The maximum absolute atomic E-state index is 3.52. The van der Waals surface area contributed by atoms with E-state index >= 15 is 0 Å². The molecule has 98 valence electrons. The normalized spacial score (nSPS) is 11.3. The van der Waals surface area contributed by atoms with Crippen molar-refractivity contribution in [1.82, 2.24) is 10.6 Å². The standard InChI is InChI=1S/C14H26N2S/c1-4-13-6-9-17-14(13)11-16-8-5-7-15-10-12(2)3/h6,9,12,15-16H,4-5,7-8,10-11H2,1-3H3. The molecule has 0 saturated carbocycles. The Bertz CT molecular complexity index is 294. The van der Waals surface area contributed by atoms with E-state index in [4.69, 9.17) is 0 Å². The molecular weight excluding hydrogens is 228 g/mol. The van der Waals surface area contributed by atoms with Crippen molar-refractivity contribution in [2.75, 3.05) is 19.6 Å². The average molecular weight is 254 g/mol. The van der Waals surface area contributed by atoms with Crippen LogP contribution < -0.4 is 10.6 Å². The molecule has 0 saturated heterocycles. The smallest absolute Gasteiger partial charge is 0.0302 e. The monoisotopic (exact) mass is 254 g/mol. The zero-order valence-electron chi connectivity index (χ0n) is 11.4. The number of hydrogen-bond donors (Lipinski definition) is 2. The van der Waals surface area contributed by atoms with E-state index in [2.05, 4.69) is 42.9 Å². The van der Waals surface area contributed by atoms with Gasteiger partial charge in [-0.2, -0.15) is 0 Å². The van der Waals surface area contributed by atoms with Crippen LogP contribution in [0.2, 0.25) is 0 Å². The maximum Gasteiger partial charge on any atom is 0.0302 e. The van der Waals surface area contributed by atoms with E-state index < -0.39 is 0 Å². The van der Waals surface area contributed by atoms with Gasteiger partial charge in [-0.1, -0.05) is 20.8 Å². The van der Waals surface area contributed by atoms with E-state index in [9.17, 15) is 0 Å². The van der Waals surface area contributed by atoms with Gasteiger partial charge in [-0.15, -0.1) is 11.3 Å². The first-order chi connectivity index (χ1) is 8.24. The van der Waals surface area contributed by atoms with Gasteiger partial charge in [0.25, 0.3) is 0 Å². The highest BCUT2D eigenvalue weighted by Crippen LogP contribution is 2.16. The Morgan fingerprint density at radius 2 is 2.00 bits per heavy atom. The van der Waals surface area contributed by atoms with Crippen molar-refractivity contribution in [2.45, 2.75) is 40.2 Å². The molecule has 0 aliphatic heterocycles. The van der Waals surface area contributed by atoms with Gasteiger partial charge in [0.05, 0.1) is 0 Å². The largest absolute Gasteiger partial charge is 0.316 e. The highest BCUT2D eigenvalue weighted by Gasteiger charge is 2.01. The molecule has 0 spiro atoms. The second kappa shape index (κ2) is 8.67. The summed E-state index contributed by atoms with van der Waals surface area (Å²) in [6.07, 6.45) is 2.36. The average Bonchev–Trinajstić information content (AvgIpc) is 2.74. The first-order valence-corrected chi connectivity index (χ1v) is 7.58. The molecule has 17 heavy (non-hydrogen) atoms. The van der Waals surface area contributed by atoms with Crippen LogP contribution in [0, 0.1) is 5.92 Å². The summed E-state index contributed by atoms with van der Waals surface area (Å²) in [5.41, 5.74) is 1.50. The molecule has 2 nitrogen and oxygen atoms in total. The summed E-state index contributed by atoms with van der Waals surface area (Å²) in [6, 6.07) is 2.24. The topological polar surface area (TPSA) is 24.1 Å². The molecule has 1 rings (SSSR count). The third-order valence-electron chi connectivity index (χ3n) is 2.76. The van der Waals surface area contributed by atoms with Crippen LogP contribution in [-0.2, 0) is 13.0 Å². The third kappa shape index (κ3) is 6.20. The molecule has 1 aromatic heterocycles. The molecule has 0 radical (unpaired) electrons. The lowest BCUT2D eigenvalue weighted by molar-refractivity contribution is 0.530. The first-order valence-electron chi connectivity index (χ1n) is 6.70. The van der Waals surface area contributed by atoms with Crippen molar-refractivity contribution >= 4 is 11.3 Å². The summed E-state index contributed by atoms with van der Waals surface area (Å²) in [7, 11) is 0. The van der Waals surface area contributed by atoms with Gasteiger partial charge in [-0.3, -0.25) is 0 Å². The second-order valence-electron chi connectivity index (χ2n) is 4.85. The van der Waals surface area contributed by atoms with E-state index in [1.54, 1.807) is 0 Å². The number of thiophene rings is 1. The molecule has 1 heterocycles. The van der Waals surface area contributed by atoms with Gasteiger partial charge < -0.3 is 10.6 Å². The molecule has 0 bridgehead atoms. The molecule has 1 aromatic rings. The zero-order chi connectivity index (χ0) is 12.5. The third-order valence-corrected chi connectivity index (χ3v) is 3.73. The van der Waals surface area contributed by atoms with E-state index in [0.29, 0.717) is 0 Å². The van der Waals surface area contributed by atoms with Crippen LogP contribution in [0.1, 0.15) is 37.6 Å². The lowest BCUT2D eigenvalue weighted by Crippen LogP contribution is -2.24. The van der Waals surface area contributed by atoms with Crippen LogP contribution in [0.25, 0.3) is 0 Å². The Labute approximate surface area is 110 Å². The summed E-state index contributed by atoms with van der Waals surface area (Å²) in [4.78, 5) is 1.50. The van der Waals surface area contributed by atoms with Gasteiger partial charge in [-0.05, 0) is 55.4 Å². The summed E-state index contributed by atoms with van der Waals surface area (Å²) >= 11 is 1.87. The fourth-order valence-electron chi connectivity index (χ4n) is 1.77. The summed E-state index contributed by atoms with van der Waals surface area (Å²) in [6.45, 7) is 11.1. The fraction of sp³-hybridized carbons (Fsp3) is 0.714. The molecule has 0 amide bonds. The minimum absolute atomic E-state index is 0.751. The highest BCUT2D eigenvalue weighted by atomic mass is 32.1. The summed E-state index contributed by atoms with van der Waals surface area (Å²) in [5.74, 6) is 0.751. The Kier molecular flexibility index (Phi) is 7.49. The number of aryl methyl sites for hydroxylation is 1. The molecule has 0 unspecified atom stereocenters. The lowest BCUT2D eigenvalue weighted by atomic mass is 10.2. The highest BCUT2D eigenvalue weighted by molar-refractivity contribution is 7.10. The molecule has 0 aliphatic carbocycles. The van der Waals surface area contributed by atoms with Crippen LogP contribution in [0.4, 0.5) is 0 Å². The Morgan fingerprint density at radius 3 is 2.71 bits per heavy atom. The first kappa shape index (κ1) is 14.7. The molecule has 0 atom stereocenters. The van der Waals surface area contributed by atoms with Crippen molar-refractivity contribution in [1.29, 1.82) is 0 Å². The van der Waals surface area contributed by atoms with E-state index in [0.717, 1.165) is 38.5 Å². The second-order valence-corrected chi connectivity index (χ2v) is 5.85. The Morgan fingerprint density at radius 1 is 1.24 bits per heavy atom. The van der Waals surface area contributed by atoms with Gasteiger partial charge in [0, 0.05) is 11.4 Å². The van der Waals surface area contributed by atoms with E-state index in [1.165, 1.54) is 16.9 Å².